The SMILES string of the molecule is COc1cc(C(N)=O)cc([N+](=O)[O-])c1NCC=CCNc1c([N+](=O)[O-])cc(C(N)=O)c2oc(C)cc12. The number of benzene rings is 2. The van der Waals surface area contributed by atoms with Crippen molar-refractivity contribution in [1.29, 1.82) is 0 Å². The van der Waals surface area contributed by atoms with Crippen LogP contribution in [0.4, 0.5) is 22.7 Å². The zero-order valence-corrected chi connectivity index (χ0v) is 19.2. The van der Waals surface area contributed by atoms with Gasteiger partial charge in [0, 0.05) is 30.8 Å². The average molecular weight is 498 g/mol. The van der Waals surface area contributed by atoms with Gasteiger partial charge in [-0.2, -0.15) is 0 Å². The highest BCUT2D eigenvalue weighted by Gasteiger charge is 2.25. The molecule has 36 heavy (non-hydrogen) atoms. The molecule has 0 bridgehead atoms. The highest BCUT2D eigenvalue weighted by atomic mass is 16.6. The third-order valence-corrected chi connectivity index (χ3v) is 5.11. The van der Waals surface area contributed by atoms with Crippen LogP contribution in [0.25, 0.3) is 11.0 Å². The van der Waals surface area contributed by atoms with Crippen LogP contribution in [0.2, 0.25) is 0 Å². The molecule has 14 nitrogen and oxygen atoms in total. The maximum atomic E-state index is 11.8. The number of anilines is 2. The molecule has 2 aromatic carbocycles. The fourth-order valence-electron chi connectivity index (χ4n) is 3.54. The Morgan fingerprint density at radius 3 is 2.08 bits per heavy atom. The third kappa shape index (κ3) is 5.16. The number of nitrogens with one attached hydrogen (secondary N) is 2. The Bertz CT molecular complexity index is 1410. The number of rotatable bonds is 11. The van der Waals surface area contributed by atoms with Gasteiger partial charge in [-0.05, 0) is 19.1 Å². The van der Waals surface area contributed by atoms with Crippen molar-refractivity contribution in [2.24, 2.45) is 11.5 Å². The number of aryl methyl sites for hydroxylation is 1. The van der Waals surface area contributed by atoms with Crippen molar-refractivity contribution < 1.29 is 28.6 Å². The molecule has 1 heterocycles. The van der Waals surface area contributed by atoms with E-state index in [-0.39, 0.29) is 52.6 Å². The highest BCUT2D eigenvalue weighted by molar-refractivity contribution is 6.10. The van der Waals surface area contributed by atoms with E-state index in [1.807, 2.05) is 0 Å². The number of amides is 2. The summed E-state index contributed by atoms with van der Waals surface area (Å²) in [6.45, 7) is 1.89. The maximum Gasteiger partial charge on any atom is 0.296 e. The number of hydrogen-bond acceptors (Lipinski definition) is 10. The van der Waals surface area contributed by atoms with Crippen molar-refractivity contribution in [2.45, 2.75) is 6.92 Å². The van der Waals surface area contributed by atoms with E-state index in [0.717, 1.165) is 12.1 Å². The van der Waals surface area contributed by atoms with Crippen LogP contribution in [-0.2, 0) is 0 Å². The van der Waals surface area contributed by atoms with Gasteiger partial charge in [-0.25, -0.2) is 0 Å². The van der Waals surface area contributed by atoms with Gasteiger partial charge in [-0.3, -0.25) is 29.8 Å². The first kappa shape index (κ1) is 25.5. The molecule has 3 aromatic rings. The molecule has 0 spiro atoms. The normalized spacial score (nSPS) is 10.9. The predicted molar refractivity (Wildman–Crippen MR) is 130 cm³/mol. The van der Waals surface area contributed by atoms with Crippen molar-refractivity contribution in [3.63, 3.8) is 0 Å². The van der Waals surface area contributed by atoms with Crippen molar-refractivity contribution in [3.8, 4) is 5.75 Å². The molecule has 0 fully saturated rings. The van der Waals surface area contributed by atoms with Gasteiger partial charge in [0.15, 0.2) is 5.69 Å². The van der Waals surface area contributed by atoms with Gasteiger partial charge in [-0.1, -0.05) is 12.2 Å². The summed E-state index contributed by atoms with van der Waals surface area (Å²) < 4.78 is 10.7. The Morgan fingerprint density at radius 1 is 0.972 bits per heavy atom. The monoisotopic (exact) mass is 498 g/mol. The Kier molecular flexibility index (Phi) is 7.37. The number of methoxy groups -OCH3 is 1. The first-order valence-corrected chi connectivity index (χ1v) is 10.4. The standard InChI is InChI=1S/C22H22N6O8/c1-11-7-13-18(16(28(33)34)10-14(22(24)30)20(13)36-11)25-5-3-4-6-26-19-15(27(31)32)8-12(21(23)29)9-17(19)35-2/h3-4,7-10,25-26H,5-6H2,1-2H3,(H2,23,29)(H2,24,30). The summed E-state index contributed by atoms with van der Waals surface area (Å²) in [6, 6.07) is 4.95. The molecule has 0 aliphatic heterocycles. The third-order valence-electron chi connectivity index (χ3n) is 5.11. The van der Waals surface area contributed by atoms with Gasteiger partial charge in [0.1, 0.15) is 22.8 Å². The number of ether oxygens (including phenoxy) is 1. The molecular formula is C22H22N6O8. The van der Waals surface area contributed by atoms with Crippen LogP contribution in [0.1, 0.15) is 26.5 Å². The molecule has 0 radical (unpaired) electrons. The first-order valence-electron chi connectivity index (χ1n) is 10.4. The molecule has 0 saturated carbocycles. The number of nitrogens with two attached hydrogens (primary N) is 2. The minimum Gasteiger partial charge on any atom is -0.494 e. The predicted octanol–water partition coefficient (Wildman–Crippen LogP) is 2.84. The lowest BCUT2D eigenvalue weighted by atomic mass is 10.1. The summed E-state index contributed by atoms with van der Waals surface area (Å²) >= 11 is 0. The second kappa shape index (κ2) is 10.4. The Labute approximate surface area is 203 Å². The van der Waals surface area contributed by atoms with Crippen LogP contribution in [0.15, 0.2) is 40.8 Å². The molecule has 2 amide bonds. The first-order chi connectivity index (χ1) is 17.0. The topological polar surface area (TPSA) is 219 Å². The van der Waals surface area contributed by atoms with E-state index in [1.54, 1.807) is 25.1 Å². The molecule has 1 aromatic heterocycles. The molecule has 6 N–H and O–H groups in total. The number of primary amides is 2. The second-order valence-electron chi connectivity index (χ2n) is 7.47. The van der Waals surface area contributed by atoms with Crippen molar-refractivity contribution in [1.82, 2.24) is 0 Å². The maximum absolute atomic E-state index is 11.8. The molecule has 188 valence electrons. The minimum absolute atomic E-state index is 0.0540. The average Bonchev–Trinajstić information content (AvgIpc) is 3.21. The molecular weight excluding hydrogens is 476 g/mol. The smallest absolute Gasteiger partial charge is 0.296 e. The number of furan rings is 1. The molecule has 0 saturated heterocycles. The minimum atomic E-state index is -0.858. The molecule has 0 aliphatic rings. The Balaban J connectivity index is 1.79. The Morgan fingerprint density at radius 2 is 1.56 bits per heavy atom. The number of carbonyl (C=O) groups is 2. The van der Waals surface area contributed by atoms with Crippen LogP contribution in [0.3, 0.4) is 0 Å². The van der Waals surface area contributed by atoms with Gasteiger partial charge in [0.25, 0.3) is 17.3 Å². The van der Waals surface area contributed by atoms with E-state index >= 15 is 0 Å². The second-order valence-corrected chi connectivity index (χ2v) is 7.47. The van der Waals surface area contributed by atoms with E-state index < -0.39 is 27.3 Å². The van der Waals surface area contributed by atoms with Crippen LogP contribution in [0.5, 0.6) is 5.75 Å². The summed E-state index contributed by atoms with van der Waals surface area (Å²) in [5.41, 5.74) is 9.99. The number of fused-ring (bicyclic) bond motifs is 1. The van der Waals surface area contributed by atoms with E-state index in [1.165, 1.54) is 13.2 Å². The van der Waals surface area contributed by atoms with E-state index in [9.17, 15) is 29.8 Å². The molecule has 0 unspecified atom stereocenters. The number of nitrogens with zero attached hydrogens (tertiary/aromatic N) is 2. The van der Waals surface area contributed by atoms with Crippen LogP contribution >= 0.6 is 0 Å². The number of hydrogen-bond donors (Lipinski definition) is 4. The van der Waals surface area contributed by atoms with E-state index in [2.05, 4.69) is 10.6 Å². The van der Waals surface area contributed by atoms with E-state index in [4.69, 9.17) is 20.6 Å². The zero-order chi connectivity index (χ0) is 26.6. The fourth-order valence-corrected chi connectivity index (χ4v) is 3.54. The number of carbonyl (C=O) groups excluding carboxylic acids is 2. The van der Waals surface area contributed by atoms with Gasteiger partial charge >= 0.3 is 0 Å². The lowest BCUT2D eigenvalue weighted by molar-refractivity contribution is -0.384. The van der Waals surface area contributed by atoms with Crippen LogP contribution in [-0.4, -0.2) is 41.9 Å². The summed E-state index contributed by atoms with van der Waals surface area (Å²) in [5, 5.41) is 29.2. The Hall–Kier alpha value is -5.14. The fraction of sp³-hybridized carbons (Fsp3) is 0.182. The summed E-state index contributed by atoms with van der Waals surface area (Å²) in [6.07, 6.45) is 3.26. The lowest BCUT2D eigenvalue weighted by Gasteiger charge is -2.11. The zero-order valence-electron chi connectivity index (χ0n) is 19.2. The number of nitro groups is 2. The van der Waals surface area contributed by atoms with Gasteiger partial charge in [0.05, 0.1) is 27.9 Å². The van der Waals surface area contributed by atoms with Crippen LogP contribution < -0.4 is 26.8 Å². The largest absolute Gasteiger partial charge is 0.494 e. The van der Waals surface area contributed by atoms with Gasteiger partial charge in [0.2, 0.25) is 5.91 Å². The van der Waals surface area contributed by atoms with Crippen molar-refractivity contribution in [3.05, 3.63) is 73.5 Å². The van der Waals surface area contributed by atoms with Gasteiger partial charge < -0.3 is 31.3 Å². The van der Waals surface area contributed by atoms with Crippen LogP contribution in [0, 0.1) is 27.2 Å². The summed E-state index contributed by atoms with van der Waals surface area (Å²) in [5.74, 6) is -1.20. The van der Waals surface area contributed by atoms with Gasteiger partial charge in [-0.15, -0.1) is 0 Å². The molecule has 3 rings (SSSR count). The van der Waals surface area contributed by atoms with Crippen molar-refractivity contribution >= 4 is 45.5 Å². The highest BCUT2D eigenvalue weighted by Crippen LogP contribution is 2.38. The molecule has 14 heteroatoms. The lowest BCUT2D eigenvalue weighted by Crippen LogP contribution is -2.13. The quantitative estimate of drug-likeness (QED) is 0.172. The van der Waals surface area contributed by atoms with Crippen molar-refractivity contribution in [2.75, 3.05) is 30.8 Å². The number of nitro benzene ring substituents is 2. The molecule has 0 aliphatic carbocycles. The summed E-state index contributed by atoms with van der Waals surface area (Å²) in [7, 11) is 1.30. The summed E-state index contributed by atoms with van der Waals surface area (Å²) in [4.78, 5) is 45.0. The van der Waals surface area contributed by atoms with E-state index in [0.29, 0.717) is 11.1 Å². The molecule has 0 atom stereocenters.